The van der Waals surface area contributed by atoms with Crippen LogP contribution in [-0.2, 0) is 0 Å². The fourth-order valence-electron chi connectivity index (χ4n) is 9.21. The van der Waals surface area contributed by atoms with Crippen LogP contribution in [0, 0.1) is 46.3 Å². The number of rotatable bonds is 5. The van der Waals surface area contributed by atoms with Crippen molar-refractivity contribution in [2.75, 3.05) is 0 Å². The summed E-state index contributed by atoms with van der Waals surface area (Å²) in [7, 11) is 0. The standard InChI is InChI=1S/C27H47ClO/c1-18(2)7-6-8-19(3)22-9-10-23-21-12-16-27(28)17-20(29)11-15-26(27,5)24(21)13-14-25(22,23)4/h18-24,29H,6-17H2,1-5H3/t19-,20?,21?,22?,23?,24?,25?,26?,27-/m1/s1. The average molecular weight is 423 g/mol. The lowest BCUT2D eigenvalue weighted by Crippen LogP contribution is -2.60. The third-order valence-corrected chi connectivity index (χ3v) is 11.7. The Labute approximate surface area is 185 Å². The van der Waals surface area contributed by atoms with Gasteiger partial charge in [-0.3, -0.25) is 0 Å². The van der Waals surface area contributed by atoms with Crippen molar-refractivity contribution >= 4 is 11.6 Å². The van der Waals surface area contributed by atoms with Crippen LogP contribution < -0.4 is 0 Å². The third kappa shape index (κ3) is 3.63. The second-order valence-electron chi connectivity index (χ2n) is 12.7. The quantitative estimate of drug-likeness (QED) is 0.447. The van der Waals surface area contributed by atoms with E-state index in [0.717, 1.165) is 61.2 Å². The van der Waals surface area contributed by atoms with E-state index < -0.39 is 0 Å². The molecule has 168 valence electrons. The summed E-state index contributed by atoms with van der Waals surface area (Å²) in [6.07, 6.45) is 15.2. The molecule has 0 radical (unpaired) electrons. The Morgan fingerprint density at radius 3 is 2.38 bits per heavy atom. The van der Waals surface area contributed by atoms with Crippen LogP contribution in [0.4, 0.5) is 0 Å². The average Bonchev–Trinajstić information content (AvgIpc) is 2.99. The van der Waals surface area contributed by atoms with Gasteiger partial charge in [-0.15, -0.1) is 11.6 Å². The molecule has 0 aromatic heterocycles. The topological polar surface area (TPSA) is 20.2 Å². The van der Waals surface area contributed by atoms with Crippen molar-refractivity contribution in [2.45, 2.75) is 123 Å². The molecule has 4 saturated carbocycles. The largest absolute Gasteiger partial charge is 0.393 e. The molecular weight excluding hydrogens is 376 g/mol. The first kappa shape index (κ1) is 22.4. The van der Waals surface area contributed by atoms with E-state index in [2.05, 4.69) is 34.6 Å². The van der Waals surface area contributed by atoms with Crippen molar-refractivity contribution in [2.24, 2.45) is 46.3 Å². The van der Waals surface area contributed by atoms with Gasteiger partial charge in [0, 0.05) is 0 Å². The molecule has 1 N–H and O–H groups in total. The molecule has 29 heavy (non-hydrogen) atoms. The van der Waals surface area contributed by atoms with Crippen molar-refractivity contribution < 1.29 is 5.11 Å². The molecule has 4 fully saturated rings. The van der Waals surface area contributed by atoms with Crippen LogP contribution in [0.5, 0.6) is 0 Å². The van der Waals surface area contributed by atoms with Gasteiger partial charge in [0.25, 0.3) is 0 Å². The van der Waals surface area contributed by atoms with E-state index in [1.165, 1.54) is 51.4 Å². The number of fused-ring (bicyclic) bond motifs is 5. The van der Waals surface area contributed by atoms with Crippen molar-refractivity contribution in [3.05, 3.63) is 0 Å². The summed E-state index contributed by atoms with van der Waals surface area (Å²) in [6.45, 7) is 12.5. The summed E-state index contributed by atoms with van der Waals surface area (Å²) in [5, 5.41) is 10.3. The Hall–Kier alpha value is 0.250. The molecule has 0 heterocycles. The Balaban J connectivity index is 1.49. The summed E-state index contributed by atoms with van der Waals surface area (Å²) in [5.41, 5.74) is 0.800. The molecule has 0 saturated heterocycles. The zero-order chi connectivity index (χ0) is 21.0. The Kier molecular flexibility index (Phi) is 6.18. The van der Waals surface area contributed by atoms with E-state index in [-0.39, 0.29) is 16.4 Å². The van der Waals surface area contributed by atoms with Crippen LogP contribution in [0.1, 0.15) is 112 Å². The first-order valence-electron chi connectivity index (χ1n) is 13.0. The number of alkyl halides is 1. The highest BCUT2D eigenvalue weighted by molar-refractivity contribution is 6.24. The second-order valence-corrected chi connectivity index (χ2v) is 13.4. The highest BCUT2D eigenvalue weighted by Crippen LogP contribution is 2.70. The zero-order valence-electron chi connectivity index (χ0n) is 19.9. The minimum atomic E-state index is -0.173. The minimum absolute atomic E-state index is 0.151. The molecule has 4 aliphatic rings. The molecular formula is C27H47ClO. The first-order valence-corrected chi connectivity index (χ1v) is 13.4. The van der Waals surface area contributed by atoms with Gasteiger partial charge in [0.1, 0.15) is 0 Å². The number of aliphatic hydroxyl groups excluding tert-OH is 1. The number of hydrogen-bond donors (Lipinski definition) is 1. The highest BCUT2D eigenvalue weighted by Gasteiger charge is 2.64. The highest BCUT2D eigenvalue weighted by atomic mass is 35.5. The van der Waals surface area contributed by atoms with E-state index in [9.17, 15) is 5.11 Å². The molecule has 7 unspecified atom stereocenters. The number of aliphatic hydroxyl groups is 1. The summed E-state index contributed by atoms with van der Waals surface area (Å²) in [4.78, 5) is -0.151. The predicted molar refractivity (Wildman–Crippen MR) is 124 cm³/mol. The second kappa shape index (κ2) is 7.99. The molecule has 0 aliphatic heterocycles. The van der Waals surface area contributed by atoms with Crippen molar-refractivity contribution in [3.8, 4) is 0 Å². The van der Waals surface area contributed by atoms with Crippen molar-refractivity contribution in [1.29, 1.82) is 0 Å². The van der Waals surface area contributed by atoms with E-state index in [4.69, 9.17) is 11.6 Å². The lowest BCUT2D eigenvalue weighted by atomic mass is 9.44. The van der Waals surface area contributed by atoms with E-state index in [1.807, 2.05) is 0 Å². The molecule has 9 atom stereocenters. The summed E-state index contributed by atoms with van der Waals surface area (Å²) < 4.78 is 0. The van der Waals surface area contributed by atoms with E-state index in [0.29, 0.717) is 5.41 Å². The van der Waals surface area contributed by atoms with Gasteiger partial charge in [0.2, 0.25) is 0 Å². The van der Waals surface area contributed by atoms with Gasteiger partial charge in [0.05, 0.1) is 11.0 Å². The number of hydrogen-bond acceptors (Lipinski definition) is 1. The van der Waals surface area contributed by atoms with Gasteiger partial charge >= 0.3 is 0 Å². The Morgan fingerprint density at radius 2 is 1.66 bits per heavy atom. The predicted octanol–water partition coefficient (Wildman–Crippen LogP) is 7.83. The zero-order valence-corrected chi connectivity index (χ0v) is 20.6. The molecule has 0 amide bonds. The molecule has 0 bridgehead atoms. The lowest BCUT2D eigenvalue weighted by Gasteiger charge is -2.64. The van der Waals surface area contributed by atoms with Crippen LogP contribution in [0.3, 0.4) is 0 Å². The molecule has 2 heteroatoms. The fraction of sp³-hybridized carbons (Fsp3) is 1.00. The molecule has 4 aliphatic carbocycles. The van der Waals surface area contributed by atoms with Crippen molar-refractivity contribution in [1.82, 2.24) is 0 Å². The maximum atomic E-state index is 10.3. The smallest absolute Gasteiger partial charge is 0.0557 e. The maximum Gasteiger partial charge on any atom is 0.0557 e. The Bertz CT molecular complexity index is 589. The molecule has 4 rings (SSSR count). The SMILES string of the molecule is CC(C)CCC[C@@H](C)C1CCC2C3CC[C@@]4(Cl)CC(O)CCC4(C)C3CCC21C. The number of halogens is 1. The molecule has 0 aromatic rings. The molecule has 0 spiro atoms. The third-order valence-electron chi connectivity index (χ3n) is 10.9. The normalized spacial score (nSPS) is 50.7. The van der Waals surface area contributed by atoms with Gasteiger partial charge in [-0.05, 0) is 104 Å². The summed E-state index contributed by atoms with van der Waals surface area (Å²) in [5.74, 6) is 5.25. The monoisotopic (exact) mass is 422 g/mol. The molecule has 0 aromatic carbocycles. The van der Waals surface area contributed by atoms with Gasteiger partial charge < -0.3 is 5.11 Å². The summed E-state index contributed by atoms with van der Waals surface area (Å²) in [6, 6.07) is 0. The fourth-order valence-corrected chi connectivity index (χ4v) is 9.73. The van der Waals surface area contributed by atoms with Crippen LogP contribution >= 0.6 is 11.6 Å². The van der Waals surface area contributed by atoms with Crippen molar-refractivity contribution in [3.63, 3.8) is 0 Å². The molecule has 1 nitrogen and oxygen atoms in total. The minimum Gasteiger partial charge on any atom is -0.393 e. The van der Waals surface area contributed by atoms with Gasteiger partial charge in [-0.25, -0.2) is 0 Å². The van der Waals surface area contributed by atoms with Crippen LogP contribution in [-0.4, -0.2) is 16.1 Å². The van der Waals surface area contributed by atoms with Crippen LogP contribution in [0.25, 0.3) is 0 Å². The van der Waals surface area contributed by atoms with Gasteiger partial charge in [-0.2, -0.15) is 0 Å². The van der Waals surface area contributed by atoms with Crippen LogP contribution in [0.2, 0.25) is 0 Å². The van der Waals surface area contributed by atoms with Gasteiger partial charge in [0.15, 0.2) is 0 Å². The van der Waals surface area contributed by atoms with E-state index >= 15 is 0 Å². The van der Waals surface area contributed by atoms with Gasteiger partial charge in [-0.1, -0.05) is 53.9 Å². The maximum absolute atomic E-state index is 10.3. The first-order chi connectivity index (χ1) is 13.6. The summed E-state index contributed by atoms with van der Waals surface area (Å²) >= 11 is 7.31. The van der Waals surface area contributed by atoms with Crippen LogP contribution in [0.15, 0.2) is 0 Å². The lowest BCUT2D eigenvalue weighted by molar-refractivity contribution is -0.118. The Morgan fingerprint density at radius 1 is 0.897 bits per heavy atom. The van der Waals surface area contributed by atoms with E-state index in [1.54, 1.807) is 0 Å².